The van der Waals surface area contributed by atoms with E-state index < -0.39 is 10.7 Å². The standard InChI is InChI=1S/C23H27NO3S2/c1-7-19(29-23(4,5)22(26)27)13-10-17(3)21(24-6)28-20(14-15-25)18-11-8-16(2)9-12-18/h7-15H,3H2,1-2,4-6H3,(H,26,27)/b13-10-,19-7+,20-14+,24-21?. The maximum atomic E-state index is 11.4. The van der Waals surface area contributed by atoms with E-state index in [1.807, 2.05) is 56.3 Å². The van der Waals surface area contributed by atoms with Crippen LogP contribution in [0.25, 0.3) is 4.91 Å². The molecule has 0 aliphatic carbocycles. The molecule has 0 fully saturated rings. The lowest BCUT2D eigenvalue weighted by Crippen LogP contribution is -2.27. The van der Waals surface area contributed by atoms with Crippen LogP contribution in [0.1, 0.15) is 31.9 Å². The molecule has 0 aliphatic rings. The molecule has 0 aromatic heterocycles. The molecule has 0 bridgehead atoms. The fourth-order valence-electron chi connectivity index (χ4n) is 2.11. The van der Waals surface area contributed by atoms with E-state index in [1.165, 1.54) is 29.6 Å². The number of aliphatic imine (C=N–C) groups is 1. The van der Waals surface area contributed by atoms with Crippen LogP contribution >= 0.6 is 23.5 Å². The first-order valence-corrected chi connectivity index (χ1v) is 10.6. The molecule has 1 aromatic rings. The third kappa shape index (κ3) is 7.91. The van der Waals surface area contributed by atoms with Crippen molar-refractivity contribution in [3.8, 4) is 0 Å². The monoisotopic (exact) mass is 429 g/mol. The number of rotatable bonds is 9. The Kier molecular flexibility index (Phi) is 9.92. The average molecular weight is 430 g/mol. The van der Waals surface area contributed by atoms with Crippen LogP contribution in [0.15, 0.2) is 70.6 Å². The third-order valence-electron chi connectivity index (χ3n) is 3.86. The number of carboxylic acids is 1. The summed E-state index contributed by atoms with van der Waals surface area (Å²) < 4.78 is -0.935. The SMILES string of the molecule is C=C(/C=C\C(=C/C)SC(C)(C)C(=O)O)C(=NC)S/C(=C/C=O)c1ccc(C)cc1. The Morgan fingerprint density at radius 1 is 1.21 bits per heavy atom. The van der Waals surface area contributed by atoms with Crippen LogP contribution in [0.2, 0.25) is 0 Å². The Bertz CT molecular complexity index is 876. The Hall–Kier alpha value is -2.31. The average Bonchev–Trinajstić information content (AvgIpc) is 2.68. The normalized spacial score (nSPS) is 13.6. The van der Waals surface area contributed by atoms with Gasteiger partial charge in [0, 0.05) is 16.9 Å². The molecular formula is C23H27NO3S2. The molecule has 0 saturated heterocycles. The highest BCUT2D eigenvalue weighted by atomic mass is 32.2. The van der Waals surface area contributed by atoms with Gasteiger partial charge in [-0.3, -0.25) is 14.6 Å². The molecule has 6 heteroatoms. The highest BCUT2D eigenvalue weighted by Gasteiger charge is 2.28. The molecule has 0 amide bonds. The van der Waals surface area contributed by atoms with Crippen molar-refractivity contribution in [1.82, 2.24) is 0 Å². The van der Waals surface area contributed by atoms with E-state index in [9.17, 15) is 14.7 Å². The van der Waals surface area contributed by atoms with Crippen LogP contribution in [0.4, 0.5) is 0 Å². The summed E-state index contributed by atoms with van der Waals surface area (Å²) in [6.45, 7) is 11.3. The van der Waals surface area contributed by atoms with E-state index in [1.54, 1.807) is 20.9 Å². The number of hydrogen-bond acceptors (Lipinski definition) is 5. The first kappa shape index (κ1) is 24.7. The summed E-state index contributed by atoms with van der Waals surface area (Å²) in [4.78, 5) is 28.4. The summed E-state index contributed by atoms with van der Waals surface area (Å²) >= 11 is 2.63. The van der Waals surface area contributed by atoms with Crippen molar-refractivity contribution in [1.29, 1.82) is 0 Å². The molecule has 0 unspecified atom stereocenters. The zero-order valence-corrected chi connectivity index (χ0v) is 19.1. The van der Waals surface area contributed by atoms with Crippen LogP contribution in [0.3, 0.4) is 0 Å². The van der Waals surface area contributed by atoms with Gasteiger partial charge in [-0.15, -0.1) is 11.8 Å². The van der Waals surface area contributed by atoms with Gasteiger partial charge in [-0.2, -0.15) is 0 Å². The first-order valence-electron chi connectivity index (χ1n) is 8.97. The minimum absolute atomic E-state index is 0.674. The van der Waals surface area contributed by atoms with Crippen LogP contribution in [0, 0.1) is 6.92 Å². The number of carbonyl (C=O) groups excluding carboxylic acids is 1. The minimum Gasteiger partial charge on any atom is -0.480 e. The topological polar surface area (TPSA) is 66.7 Å². The molecule has 29 heavy (non-hydrogen) atoms. The van der Waals surface area contributed by atoms with Gasteiger partial charge in [0.1, 0.15) is 16.1 Å². The van der Waals surface area contributed by atoms with Gasteiger partial charge in [-0.25, -0.2) is 0 Å². The highest BCUT2D eigenvalue weighted by molar-refractivity contribution is 8.22. The summed E-state index contributed by atoms with van der Waals surface area (Å²) in [6, 6.07) is 7.91. The molecule has 1 rings (SSSR count). The highest BCUT2D eigenvalue weighted by Crippen LogP contribution is 2.34. The minimum atomic E-state index is -0.935. The second-order valence-corrected chi connectivity index (χ2v) is 9.36. The quantitative estimate of drug-likeness (QED) is 0.174. The number of aryl methyl sites for hydroxylation is 1. The molecule has 1 aromatic carbocycles. The Labute approximate surface area is 181 Å². The zero-order valence-electron chi connectivity index (χ0n) is 17.4. The maximum Gasteiger partial charge on any atom is 0.319 e. The number of aldehydes is 1. The van der Waals surface area contributed by atoms with E-state index >= 15 is 0 Å². The Morgan fingerprint density at radius 2 is 1.83 bits per heavy atom. The number of allylic oxidation sites excluding steroid dienone is 4. The first-order chi connectivity index (χ1) is 13.6. The number of nitrogens with zero attached hydrogens (tertiary/aromatic N) is 1. The molecule has 0 radical (unpaired) electrons. The van der Waals surface area contributed by atoms with Crippen molar-refractivity contribution < 1.29 is 14.7 Å². The van der Waals surface area contributed by atoms with Crippen molar-refractivity contribution in [2.75, 3.05) is 7.05 Å². The van der Waals surface area contributed by atoms with Gasteiger partial charge < -0.3 is 5.11 Å². The van der Waals surface area contributed by atoms with Gasteiger partial charge in [0.05, 0.1) is 0 Å². The maximum absolute atomic E-state index is 11.4. The van der Waals surface area contributed by atoms with Gasteiger partial charge in [-0.1, -0.05) is 60.3 Å². The molecular weight excluding hydrogens is 402 g/mol. The van der Waals surface area contributed by atoms with E-state index in [0.29, 0.717) is 10.6 Å². The van der Waals surface area contributed by atoms with E-state index in [4.69, 9.17) is 0 Å². The lowest BCUT2D eigenvalue weighted by atomic mass is 10.1. The van der Waals surface area contributed by atoms with Gasteiger partial charge in [0.15, 0.2) is 0 Å². The molecule has 0 aliphatic heterocycles. The summed E-state index contributed by atoms with van der Waals surface area (Å²) in [5.74, 6) is -0.873. The van der Waals surface area contributed by atoms with Crippen LogP contribution in [-0.4, -0.2) is 34.2 Å². The number of benzene rings is 1. The Balaban J connectivity index is 2.99. The number of aliphatic carboxylic acids is 1. The zero-order chi connectivity index (χ0) is 22.0. The molecule has 0 spiro atoms. The van der Waals surface area contributed by atoms with E-state index in [-0.39, 0.29) is 0 Å². The lowest BCUT2D eigenvalue weighted by molar-refractivity contribution is -0.138. The third-order valence-corrected chi connectivity index (χ3v) is 6.38. The van der Waals surface area contributed by atoms with Crippen molar-refractivity contribution in [3.05, 3.63) is 76.8 Å². The Morgan fingerprint density at radius 3 is 2.31 bits per heavy atom. The van der Waals surface area contributed by atoms with Gasteiger partial charge in [0.25, 0.3) is 0 Å². The second-order valence-electron chi connectivity index (χ2n) is 6.63. The van der Waals surface area contributed by atoms with Gasteiger partial charge in [-0.05, 0) is 51.0 Å². The predicted octanol–water partition coefficient (Wildman–Crippen LogP) is 5.91. The number of carboxylic acid groups (broad SMARTS) is 1. The van der Waals surface area contributed by atoms with E-state index in [0.717, 1.165) is 27.2 Å². The van der Waals surface area contributed by atoms with Crippen molar-refractivity contribution in [3.63, 3.8) is 0 Å². The van der Waals surface area contributed by atoms with Crippen molar-refractivity contribution in [2.24, 2.45) is 4.99 Å². The van der Waals surface area contributed by atoms with Crippen LogP contribution in [0.5, 0.6) is 0 Å². The largest absolute Gasteiger partial charge is 0.480 e. The number of thioether (sulfide) groups is 2. The molecule has 4 nitrogen and oxygen atoms in total. The molecule has 0 saturated carbocycles. The molecule has 1 N–H and O–H groups in total. The van der Waals surface area contributed by atoms with Crippen molar-refractivity contribution in [2.45, 2.75) is 32.4 Å². The lowest BCUT2D eigenvalue weighted by Gasteiger charge is -2.18. The molecule has 154 valence electrons. The van der Waals surface area contributed by atoms with Crippen LogP contribution in [-0.2, 0) is 9.59 Å². The fourth-order valence-corrected chi connectivity index (χ4v) is 3.92. The molecule has 0 heterocycles. The summed E-state index contributed by atoms with van der Waals surface area (Å²) in [7, 11) is 1.67. The number of carbonyl (C=O) groups is 2. The van der Waals surface area contributed by atoms with Gasteiger partial charge in [0.2, 0.25) is 0 Å². The summed E-state index contributed by atoms with van der Waals surface area (Å²) in [5, 5.41) is 9.99. The van der Waals surface area contributed by atoms with Gasteiger partial charge >= 0.3 is 5.97 Å². The van der Waals surface area contributed by atoms with E-state index in [2.05, 4.69) is 11.6 Å². The second kappa shape index (κ2) is 11.6. The number of hydrogen-bond donors (Lipinski definition) is 1. The predicted molar refractivity (Wildman–Crippen MR) is 128 cm³/mol. The summed E-state index contributed by atoms with van der Waals surface area (Å²) in [5.41, 5.74) is 2.75. The van der Waals surface area contributed by atoms with Crippen LogP contribution < -0.4 is 0 Å². The van der Waals surface area contributed by atoms with Crippen molar-refractivity contribution >= 4 is 45.7 Å². The molecule has 0 atom stereocenters. The smallest absolute Gasteiger partial charge is 0.319 e. The fraction of sp³-hybridized carbons (Fsp3) is 0.261. The summed E-state index contributed by atoms with van der Waals surface area (Å²) in [6.07, 6.45) is 7.78.